The average molecular weight is 355 g/mol. The maximum Gasteiger partial charge on any atom is 0.248 e. The second-order valence-corrected chi connectivity index (χ2v) is 7.55. The summed E-state index contributed by atoms with van der Waals surface area (Å²) in [4.78, 5) is 9.53. The van der Waals surface area contributed by atoms with Crippen LogP contribution in [0.25, 0.3) is 0 Å². The lowest BCUT2D eigenvalue weighted by Crippen LogP contribution is -2.46. The smallest absolute Gasteiger partial charge is 0.248 e. The van der Waals surface area contributed by atoms with Gasteiger partial charge in [-0.1, -0.05) is 12.1 Å². The van der Waals surface area contributed by atoms with E-state index in [9.17, 15) is 0 Å². The van der Waals surface area contributed by atoms with Crippen molar-refractivity contribution in [3.05, 3.63) is 35.5 Å². The van der Waals surface area contributed by atoms with Crippen LogP contribution in [0.1, 0.15) is 55.9 Å². The van der Waals surface area contributed by atoms with Gasteiger partial charge >= 0.3 is 0 Å². The highest BCUT2D eigenvalue weighted by atomic mass is 16.5. The third-order valence-electron chi connectivity index (χ3n) is 5.54. The van der Waals surface area contributed by atoms with Crippen LogP contribution in [-0.2, 0) is 0 Å². The number of benzene rings is 1. The number of anilines is 2. The summed E-state index contributed by atoms with van der Waals surface area (Å²) in [6.07, 6.45) is 2.38. The van der Waals surface area contributed by atoms with Crippen LogP contribution >= 0.6 is 0 Å². The van der Waals surface area contributed by atoms with E-state index in [4.69, 9.17) is 4.52 Å². The molecule has 1 N–H and O–H groups in total. The van der Waals surface area contributed by atoms with Gasteiger partial charge in [0.05, 0.1) is 0 Å². The Morgan fingerprint density at radius 1 is 1.23 bits per heavy atom. The molecule has 1 aromatic carbocycles. The monoisotopic (exact) mass is 355 g/mol. The largest absolute Gasteiger partial charge is 0.374 e. The zero-order valence-corrected chi connectivity index (χ0v) is 16.0. The normalized spacial score (nSPS) is 19.6. The first-order chi connectivity index (χ1) is 12.6. The lowest BCUT2D eigenvalue weighted by Gasteiger charge is -2.35. The molecule has 0 unspecified atom stereocenters. The number of rotatable bonds is 6. The van der Waals surface area contributed by atoms with Crippen molar-refractivity contribution in [1.82, 2.24) is 15.0 Å². The van der Waals surface area contributed by atoms with Crippen LogP contribution in [0.15, 0.2) is 22.7 Å². The van der Waals surface area contributed by atoms with Crippen molar-refractivity contribution in [2.75, 3.05) is 42.9 Å². The van der Waals surface area contributed by atoms with Crippen LogP contribution in [0.5, 0.6) is 0 Å². The Kier molecular flexibility index (Phi) is 4.85. The molecule has 1 saturated carbocycles. The zero-order valence-electron chi connectivity index (χ0n) is 16.0. The van der Waals surface area contributed by atoms with Gasteiger partial charge in [0.15, 0.2) is 5.82 Å². The molecule has 0 radical (unpaired) electrons. The number of hydrogen-bond acceptors (Lipinski definition) is 6. The van der Waals surface area contributed by atoms with Gasteiger partial charge in [-0.05, 0) is 57.0 Å². The van der Waals surface area contributed by atoms with E-state index in [2.05, 4.69) is 64.2 Å². The van der Waals surface area contributed by atoms with Crippen molar-refractivity contribution in [2.24, 2.45) is 0 Å². The Morgan fingerprint density at radius 2 is 2.00 bits per heavy atom. The quantitative estimate of drug-likeness (QED) is 0.855. The number of aromatic nitrogens is 2. The first-order valence-electron chi connectivity index (χ1n) is 9.82. The third kappa shape index (κ3) is 3.70. The summed E-state index contributed by atoms with van der Waals surface area (Å²) in [6.45, 7) is 12.1. The Labute approximate surface area is 155 Å². The molecule has 2 aliphatic rings. The van der Waals surface area contributed by atoms with E-state index in [1.54, 1.807) is 0 Å². The summed E-state index contributed by atoms with van der Waals surface area (Å²) in [5.41, 5.74) is 3.68. The van der Waals surface area contributed by atoms with Crippen LogP contribution in [0.2, 0.25) is 0 Å². The molecule has 1 atom stereocenters. The molecular formula is C20H29N5O. The second kappa shape index (κ2) is 7.27. The Bertz CT molecular complexity index is 746. The van der Waals surface area contributed by atoms with Crippen molar-refractivity contribution < 1.29 is 4.52 Å². The molecule has 2 fully saturated rings. The van der Waals surface area contributed by atoms with Crippen molar-refractivity contribution >= 4 is 11.4 Å². The summed E-state index contributed by atoms with van der Waals surface area (Å²) < 4.78 is 5.44. The molecule has 6 nitrogen and oxygen atoms in total. The topological polar surface area (TPSA) is 57.4 Å². The van der Waals surface area contributed by atoms with Gasteiger partial charge in [0.1, 0.15) is 6.04 Å². The molecule has 6 heteroatoms. The lowest BCUT2D eigenvalue weighted by molar-refractivity contribution is 0.271. The highest BCUT2D eigenvalue weighted by molar-refractivity contribution is 5.60. The number of nitrogens with zero attached hydrogens (tertiary/aromatic N) is 4. The minimum atomic E-state index is 0.00708. The molecule has 0 bridgehead atoms. The van der Waals surface area contributed by atoms with E-state index in [0.29, 0.717) is 11.8 Å². The number of likely N-dealkylation sites (N-methyl/N-ethyl adjacent to an activating group) is 1. The summed E-state index contributed by atoms with van der Waals surface area (Å²) in [5.74, 6) is 2.06. The number of hydrogen-bond donors (Lipinski definition) is 1. The van der Waals surface area contributed by atoms with Gasteiger partial charge in [0.2, 0.25) is 5.89 Å². The van der Waals surface area contributed by atoms with Crippen molar-refractivity contribution in [2.45, 2.75) is 45.6 Å². The Morgan fingerprint density at radius 3 is 2.65 bits per heavy atom. The van der Waals surface area contributed by atoms with Crippen molar-refractivity contribution in [3.63, 3.8) is 0 Å². The average Bonchev–Trinajstić information content (AvgIpc) is 3.40. The first kappa shape index (κ1) is 17.3. The van der Waals surface area contributed by atoms with E-state index in [0.717, 1.165) is 44.2 Å². The molecule has 4 rings (SSSR count). The molecule has 0 spiro atoms. The maximum absolute atomic E-state index is 5.44. The Balaban J connectivity index is 1.40. The van der Waals surface area contributed by atoms with E-state index >= 15 is 0 Å². The molecule has 0 amide bonds. The van der Waals surface area contributed by atoms with Gasteiger partial charge in [-0.2, -0.15) is 4.98 Å². The van der Waals surface area contributed by atoms with Gasteiger partial charge in [-0.3, -0.25) is 0 Å². The fourth-order valence-corrected chi connectivity index (χ4v) is 3.55. The molecular weight excluding hydrogens is 326 g/mol. The minimum Gasteiger partial charge on any atom is -0.374 e. The van der Waals surface area contributed by atoms with E-state index in [-0.39, 0.29) is 6.04 Å². The fraction of sp³-hybridized carbons (Fsp3) is 0.600. The molecule has 1 aliphatic heterocycles. The molecule has 1 aromatic heterocycles. The number of nitrogens with one attached hydrogen (secondary N) is 1. The van der Waals surface area contributed by atoms with Gasteiger partial charge in [0, 0.05) is 43.5 Å². The summed E-state index contributed by atoms with van der Waals surface area (Å²) in [5, 5.41) is 7.64. The highest BCUT2D eigenvalue weighted by Gasteiger charge is 2.29. The zero-order chi connectivity index (χ0) is 18.1. The summed E-state index contributed by atoms with van der Waals surface area (Å²) >= 11 is 0. The number of aryl methyl sites for hydroxylation is 1. The van der Waals surface area contributed by atoms with Gasteiger partial charge in [-0.25, -0.2) is 0 Å². The van der Waals surface area contributed by atoms with E-state index < -0.39 is 0 Å². The molecule has 2 heterocycles. The van der Waals surface area contributed by atoms with E-state index in [1.165, 1.54) is 24.1 Å². The first-order valence-corrected chi connectivity index (χ1v) is 9.82. The Hall–Kier alpha value is -2.08. The van der Waals surface area contributed by atoms with Gasteiger partial charge < -0.3 is 19.6 Å². The van der Waals surface area contributed by atoms with Crippen LogP contribution in [0, 0.1) is 6.92 Å². The molecule has 1 aliphatic carbocycles. The molecule has 1 saturated heterocycles. The van der Waals surface area contributed by atoms with Gasteiger partial charge in [-0.15, -0.1) is 0 Å². The molecule has 26 heavy (non-hydrogen) atoms. The van der Waals surface area contributed by atoms with Crippen LogP contribution < -0.4 is 10.2 Å². The van der Waals surface area contributed by atoms with Gasteiger partial charge in [0.25, 0.3) is 0 Å². The minimum absolute atomic E-state index is 0.00708. The van der Waals surface area contributed by atoms with E-state index in [1.807, 2.05) is 0 Å². The van der Waals surface area contributed by atoms with Crippen LogP contribution in [0.4, 0.5) is 11.4 Å². The van der Waals surface area contributed by atoms with Crippen LogP contribution in [-0.4, -0.2) is 47.8 Å². The predicted molar refractivity (Wildman–Crippen MR) is 104 cm³/mol. The third-order valence-corrected chi connectivity index (χ3v) is 5.54. The number of piperazine rings is 1. The SMILES string of the molecule is CCN1CCN(c2ccc(N[C@@H](C)c3nc(C4CC4)no3)c(C)c2)CC1. The maximum atomic E-state index is 5.44. The summed E-state index contributed by atoms with van der Waals surface area (Å²) in [7, 11) is 0. The van der Waals surface area contributed by atoms with Crippen molar-refractivity contribution in [3.8, 4) is 0 Å². The standard InChI is InChI=1S/C20H29N5O/c1-4-24-9-11-25(12-10-24)17-7-8-18(14(2)13-17)21-15(3)20-22-19(23-26-20)16-5-6-16/h7-8,13,15-16,21H,4-6,9-12H2,1-3H3/t15-/m0/s1. The lowest BCUT2D eigenvalue weighted by atomic mass is 10.1. The predicted octanol–water partition coefficient (Wildman–Crippen LogP) is 3.57. The highest BCUT2D eigenvalue weighted by Crippen LogP contribution is 2.38. The van der Waals surface area contributed by atoms with Crippen molar-refractivity contribution in [1.29, 1.82) is 0 Å². The van der Waals surface area contributed by atoms with Crippen LogP contribution in [0.3, 0.4) is 0 Å². The molecule has 2 aromatic rings. The molecule has 140 valence electrons. The second-order valence-electron chi connectivity index (χ2n) is 7.55. The summed E-state index contributed by atoms with van der Waals surface area (Å²) in [6, 6.07) is 6.67. The fourth-order valence-electron chi connectivity index (χ4n) is 3.55.